The first-order valence-corrected chi connectivity index (χ1v) is 5.71. The summed E-state index contributed by atoms with van der Waals surface area (Å²) in [5, 5.41) is 9.90. The van der Waals surface area contributed by atoms with Gasteiger partial charge in [0.2, 0.25) is 0 Å². The van der Waals surface area contributed by atoms with Gasteiger partial charge in [-0.05, 0) is 38.2 Å². The van der Waals surface area contributed by atoms with Crippen molar-refractivity contribution in [1.82, 2.24) is 0 Å². The average Bonchev–Trinajstić information content (AvgIpc) is 2.04. The maximum Gasteiger partial charge on any atom is 0.338 e. The third kappa shape index (κ3) is 2.88. The normalized spacial score (nSPS) is 21.5. The molecule has 0 unspecified atom stereocenters. The molecule has 1 N–H and O–H groups in total. The van der Waals surface area contributed by atoms with E-state index in [1.54, 1.807) is 25.6 Å². The molecule has 4 heteroatoms. The summed E-state index contributed by atoms with van der Waals surface area (Å²) in [7, 11) is 0. The molecule has 1 saturated heterocycles. The molecule has 0 aromatic heterocycles. The van der Waals surface area contributed by atoms with E-state index in [1.807, 2.05) is 0 Å². The number of thioether (sulfide) groups is 1. The minimum Gasteiger partial charge on any atom is -0.461 e. The molecule has 0 aromatic rings. The van der Waals surface area contributed by atoms with Gasteiger partial charge in [0.05, 0.1) is 6.10 Å². The Morgan fingerprint density at radius 2 is 2.00 bits per heavy atom. The number of ether oxygens (including phenoxy) is 1. The Kier molecular flexibility index (Phi) is 3.62. The molecule has 1 rings (SSSR count). The molecule has 0 spiro atoms. The van der Waals surface area contributed by atoms with Crippen LogP contribution in [0, 0.1) is 0 Å². The van der Waals surface area contributed by atoms with Gasteiger partial charge in [-0.2, -0.15) is 11.8 Å². The van der Waals surface area contributed by atoms with Gasteiger partial charge in [0.1, 0.15) is 0 Å². The Labute approximate surface area is 82.8 Å². The van der Waals surface area contributed by atoms with Crippen molar-refractivity contribution in [3.05, 3.63) is 0 Å². The third-order valence-corrected chi connectivity index (χ3v) is 3.03. The summed E-state index contributed by atoms with van der Waals surface area (Å²) in [5.41, 5.74) is -1.21. The molecule has 0 amide bonds. The SMILES string of the molecule is CC(C)OC(=O)C1(O)CCSCC1. The number of carbonyl (C=O) groups excluding carboxylic acids is 1. The first-order chi connectivity index (χ1) is 6.04. The molecule has 76 valence electrons. The van der Waals surface area contributed by atoms with Gasteiger partial charge in [0.15, 0.2) is 5.60 Å². The fraction of sp³-hybridized carbons (Fsp3) is 0.889. The lowest BCUT2D eigenvalue weighted by molar-refractivity contribution is -0.170. The van der Waals surface area contributed by atoms with Crippen molar-refractivity contribution in [3.8, 4) is 0 Å². The van der Waals surface area contributed by atoms with Crippen LogP contribution >= 0.6 is 11.8 Å². The van der Waals surface area contributed by atoms with Gasteiger partial charge in [0.25, 0.3) is 0 Å². The van der Waals surface area contributed by atoms with Crippen LogP contribution in [0.5, 0.6) is 0 Å². The standard InChI is InChI=1S/C9H16O3S/c1-7(2)12-8(10)9(11)3-5-13-6-4-9/h7,11H,3-6H2,1-2H3. The highest BCUT2D eigenvalue weighted by Gasteiger charge is 2.39. The summed E-state index contributed by atoms with van der Waals surface area (Å²) in [6.07, 6.45) is 0.887. The molecule has 1 aliphatic heterocycles. The molecule has 0 atom stereocenters. The van der Waals surface area contributed by atoms with E-state index in [1.165, 1.54) is 0 Å². The minimum absolute atomic E-state index is 0.147. The maximum absolute atomic E-state index is 11.4. The summed E-state index contributed by atoms with van der Waals surface area (Å²) >= 11 is 1.77. The molecule has 13 heavy (non-hydrogen) atoms. The van der Waals surface area contributed by atoms with Gasteiger partial charge >= 0.3 is 5.97 Å². The second-order valence-electron chi connectivity index (χ2n) is 3.60. The Balaban J connectivity index is 2.51. The van der Waals surface area contributed by atoms with Crippen molar-refractivity contribution in [3.63, 3.8) is 0 Å². The zero-order chi connectivity index (χ0) is 9.90. The quantitative estimate of drug-likeness (QED) is 0.686. The molecule has 1 heterocycles. The van der Waals surface area contributed by atoms with Gasteiger partial charge in [-0.1, -0.05) is 0 Å². The van der Waals surface area contributed by atoms with E-state index in [-0.39, 0.29) is 6.10 Å². The van der Waals surface area contributed by atoms with Crippen LogP contribution in [0.15, 0.2) is 0 Å². The Morgan fingerprint density at radius 3 is 2.46 bits per heavy atom. The number of esters is 1. The summed E-state index contributed by atoms with van der Waals surface area (Å²) < 4.78 is 4.99. The largest absolute Gasteiger partial charge is 0.461 e. The maximum atomic E-state index is 11.4. The lowest BCUT2D eigenvalue weighted by Crippen LogP contribution is -2.44. The second-order valence-corrected chi connectivity index (χ2v) is 4.82. The molecule has 0 aliphatic carbocycles. The summed E-state index contributed by atoms with van der Waals surface area (Å²) in [6.45, 7) is 3.58. The van der Waals surface area contributed by atoms with Crippen LogP contribution in [0.25, 0.3) is 0 Å². The smallest absolute Gasteiger partial charge is 0.338 e. The van der Waals surface area contributed by atoms with Crippen molar-refractivity contribution < 1.29 is 14.6 Å². The van der Waals surface area contributed by atoms with E-state index in [2.05, 4.69) is 0 Å². The number of aliphatic hydroxyl groups is 1. The van der Waals surface area contributed by atoms with E-state index >= 15 is 0 Å². The minimum atomic E-state index is -1.21. The van der Waals surface area contributed by atoms with E-state index in [4.69, 9.17) is 4.74 Å². The van der Waals surface area contributed by atoms with Crippen LogP contribution in [0.3, 0.4) is 0 Å². The highest BCUT2D eigenvalue weighted by atomic mass is 32.2. The Hall–Kier alpha value is -0.220. The number of carbonyl (C=O) groups is 1. The molecule has 0 saturated carbocycles. The lowest BCUT2D eigenvalue weighted by Gasteiger charge is -2.29. The summed E-state index contributed by atoms with van der Waals surface area (Å²) in [5.74, 6) is 1.22. The number of rotatable bonds is 2. The van der Waals surface area contributed by atoms with Crippen molar-refractivity contribution in [2.75, 3.05) is 11.5 Å². The zero-order valence-electron chi connectivity index (χ0n) is 8.08. The van der Waals surface area contributed by atoms with Gasteiger partial charge in [-0.25, -0.2) is 4.79 Å². The molecule has 1 aliphatic rings. The van der Waals surface area contributed by atoms with Crippen molar-refractivity contribution >= 4 is 17.7 Å². The first kappa shape index (κ1) is 10.9. The van der Waals surface area contributed by atoms with Crippen LogP contribution in [0.1, 0.15) is 26.7 Å². The first-order valence-electron chi connectivity index (χ1n) is 4.56. The van der Waals surface area contributed by atoms with Crippen molar-refractivity contribution in [2.24, 2.45) is 0 Å². The van der Waals surface area contributed by atoms with Gasteiger partial charge in [0, 0.05) is 0 Å². The molecule has 3 nitrogen and oxygen atoms in total. The van der Waals surface area contributed by atoms with Crippen molar-refractivity contribution in [2.45, 2.75) is 38.4 Å². The van der Waals surface area contributed by atoms with E-state index in [0.717, 1.165) is 11.5 Å². The fourth-order valence-electron chi connectivity index (χ4n) is 1.24. The average molecular weight is 204 g/mol. The predicted molar refractivity (Wildman–Crippen MR) is 52.7 cm³/mol. The fourth-order valence-corrected chi connectivity index (χ4v) is 2.41. The third-order valence-electron chi connectivity index (χ3n) is 2.04. The zero-order valence-corrected chi connectivity index (χ0v) is 8.89. The lowest BCUT2D eigenvalue weighted by atomic mass is 9.97. The van der Waals surface area contributed by atoms with Crippen LogP contribution in [-0.4, -0.2) is 34.3 Å². The van der Waals surface area contributed by atoms with Crippen LogP contribution in [0.2, 0.25) is 0 Å². The second kappa shape index (κ2) is 4.33. The Morgan fingerprint density at radius 1 is 1.46 bits per heavy atom. The number of hydrogen-bond acceptors (Lipinski definition) is 4. The van der Waals surface area contributed by atoms with Crippen molar-refractivity contribution in [1.29, 1.82) is 0 Å². The van der Waals surface area contributed by atoms with Crippen LogP contribution in [0.4, 0.5) is 0 Å². The van der Waals surface area contributed by atoms with Gasteiger partial charge in [-0.15, -0.1) is 0 Å². The Bertz CT molecular complexity index is 185. The molecule has 0 bridgehead atoms. The highest BCUT2D eigenvalue weighted by Crippen LogP contribution is 2.28. The molecule has 1 fully saturated rings. The van der Waals surface area contributed by atoms with Crippen LogP contribution in [-0.2, 0) is 9.53 Å². The topological polar surface area (TPSA) is 46.5 Å². The molecular formula is C9H16O3S. The molecule has 0 radical (unpaired) electrons. The predicted octanol–water partition coefficient (Wildman–Crippen LogP) is 1.20. The molecular weight excluding hydrogens is 188 g/mol. The molecule has 0 aromatic carbocycles. The highest BCUT2D eigenvalue weighted by molar-refractivity contribution is 7.99. The van der Waals surface area contributed by atoms with Crippen LogP contribution < -0.4 is 0 Å². The summed E-state index contributed by atoms with van der Waals surface area (Å²) in [4.78, 5) is 11.4. The summed E-state index contributed by atoms with van der Waals surface area (Å²) in [6, 6.07) is 0. The monoisotopic (exact) mass is 204 g/mol. The van der Waals surface area contributed by atoms with E-state index in [0.29, 0.717) is 12.8 Å². The van der Waals surface area contributed by atoms with Gasteiger partial charge in [-0.3, -0.25) is 0 Å². The van der Waals surface area contributed by atoms with E-state index < -0.39 is 11.6 Å². The van der Waals surface area contributed by atoms with Gasteiger partial charge < -0.3 is 9.84 Å². The van der Waals surface area contributed by atoms with E-state index in [9.17, 15) is 9.90 Å². The number of hydrogen-bond donors (Lipinski definition) is 1.